The van der Waals surface area contributed by atoms with E-state index in [1.807, 2.05) is 48.9 Å². The van der Waals surface area contributed by atoms with Crippen molar-refractivity contribution < 1.29 is 14.2 Å². The van der Waals surface area contributed by atoms with Gasteiger partial charge in [-0.25, -0.2) is 0 Å². The van der Waals surface area contributed by atoms with Gasteiger partial charge in [-0.3, -0.25) is 4.79 Å². The van der Waals surface area contributed by atoms with Gasteiger partial charge >= 0.3 is 0 Å². The van der Waals surface area contributed by atoms with Crippen molar-refractivity contribution in [2.24, 2.45) is 7.05 Å². The minimum Gasteiger partial charge on any atom is -0.497 e. The largest absolute Gasteiger partial charge is 0.497 e. The molecule has 142 valence electrons. The average molecular weight is 388 g/mol. The van der Waals surface area contributed by atoms with Crippen LogP contribution in [0.1, 0.15) is 24.3 Å². The number of rotatable bonds is 6. The van der Waals surface area contributed by atoms with Gasteiger partial charge in [0.1, 0.15) is 11.5 Å². The molecule has 6 heteroatoms. The van der Waals surface area contributed by atoms with Crippen molar-refractivity contribution in [3.63, 3.8) is 0 Å². The number of hydrogen-bond acceptors (Lipinski definition) is 4. The van der Waals surface area contributed by atoms with E-state index in [9.17, 15) is 4.79 Å². The summed E-state index contributed by atoms with van der Waals surface area (Å²) >= 11 is 6.28. The van der Waals surface area contributed by atoms with Crippen molar-refractivity contribution >= 4 is 22.5 Å². The molecule has 5 nitrogen and oxygen atoms in total. The van der Waals surface area contributed by atoms with Crippen molar-refractivity contribution in [2.45, 2.75) is 19.6 Å². The van der Waals surface area contributed by atoms with Crippen molar-refractivity contribution in [3.05, 3.63) is 69.0 Å². The molecule has 3 rings (SSSR count). The van der Waals surface area contributed by atoms with E-state index in [0.717, 1.165) is 17.0 Å². The van der Waals surface area contributed by atoms with Crippen LogP contribution in [0.2, 0.25) is 5.02 Å². The van der Waals surface area contributed by atoms with Gasteiger partial charge < -0.3 is 18.8 Å². The summed E-state index contributed by atoms with van der Waals surface area (Å²) in [5.74, 6) is 1.40. The van der Waals surface area contributed by atoms with Crippen LogP contribution >= 0.6 is 11.6 Å². The molecule has 0 aliphatic heterocycles. The molecule has 0 fully saturated rings. The summed E-state index contributed by atoms with van der Waals surface area (Å²) in [6.45, 7) is 2.35. The molecule has 0 aliphatic rings. The van der Waals surface area contributed by atoms with Crippen LogP contribution in [0.3, 0.4) is 0 Å². The van der Waals surface area contributed by atoms with Crippen molar-refractivity contribution in [1.82, 2.24) is 4.57 Å². The lowest BCUT2D eigenvalue weighted by Gasteiger charge is -2.19. The zero-order chi connectivity index (χ0) is 19.6. The number of pyridine rings is 1. The maximum Gasteiger partial charge on any atom is 0.191 e. The Morgan fingerprint density at radius 1 is 1.04 bits per heavy atom. The molecule has 0 N–H and O–H groups in total. The Labute approximate surface area is 163 Å². The van der Waals surface area contributed by atoms with Gasteiger partial charge in [-0.05, 0) is 30.7 Å². The molecule has 27 heavy (non-hydrogen) atoms. The molecule has 1 heterocycles. The summed E-state index contributed by atoms with van der Waals surface area (Å²) < 4.78 is 18.4. The van der Waals surface area contributed by atoms with E-state index < -0.39 is 0 Å². The SMILES string of the molecule is COc1ccc(CO[C@H](C)c2cc(=O)c3c(Cl)cc(OC)cc3n2C)cc1. The maximum absolute atomic E-state index is 12.6. The van der Waals surface area contributed by atoms with Crippen LogP contribution in [0, 0.1) is 0 Å². The molecule has 0 amide bonds. The average Bonchev–Trinajstić information content (AvgIpc) is 2.68. The number of aryl methyl sites for hydroxylation is 1. The zero-order valence-corrected chi connectivity index (χ0v) is 16.5. The van der Waals surface area contributed by atoms with Gasteiger partial charge in [0.05, 0.1) is 48.5 Å². The first-order valence-corrected chi connectivity index (χ1v) is 8.94. The number of halogens is 1. The van der Waals surface area contributed by atoms with Crippen LogP contribution in [0.15, 0.2) is 47.3 Å². The number of nitrogens with zero attached hydrogens (tertiary/aromatic N) is 1. The van der Waals surface area contributed by atoms with E-state index in [1.165, 1.54) is 0 Å². The van der Waals surface area contributed by atoms with Crippen LogP contribution in [0.25, 0.3) is 10.9 Å². The summed E-state index contributed by atoms with van der Waals surface area (Å²) in [6.07, 6.45) is -0.279. The van der Waals surface area contributed by atoms with Crippen molar-refractivity contribution in [1.29, 1.82) is 0 Å². The second kappa shape index (κ2) is 8.03. The molecule has 0 saturated heterocycles. The topological polar surface area (TPSA) is 49.7 Å². The Hall–Kier alpha value is -2.50. The summed E-state index contributed by atoms with van der Waals surface area (Å²) in [7, 11) is 5.09. The van der Waals surface area contributed by atoms with Crippen LogP contribution in [-0.4, -0.2) is 18.8 Å². The smallest absolute Gasteiger partial charge is 0.191 e. The highest BCUT2D eigenvalue weighted by atomic mass is 35.5. The third-order valence-electron chi connectivity index (χ3n) is 4.63. The molecule has 0 unspecified atom stereocenters. The van der Waals surface area contributed by atoms with Crippen LogP contribution in [-0.2, 0) is 18.4 Å². The Morgan fingerprint density at radius 2 is 1.70 bits per heavy atom. The van der Waals surface area contributed by atoms with E-state index in [0.29, 0.717) is 28.3 Å². The standard InChI is InChI=1S/C21H22ClNO4/c1-13(27-12-14-5-7-15(25-3)8-6-14)18-11-20(24)21-17(22)9-16(26-4)10-19(21)23(18)2/h5-11,13H,12H2,1-4H3/t13-/m1/s1. The fourth-order valence-electron chi connectivity index (χ4n) is 3.06. The number of hydrogen-bond donors (Lipinski definition) is 0. The number of aromatic nitrogens is 1. The first-order valence-electron chi connectivity index (χ1n) is 8.56. The Morgan fingerprint density at radius 3 is 2.33 bits per heavy atom. The fraction of sp³-hybridized carbons (Fsp3) is 0.286. The highest BCUT2D eigenvalue weighted by molar-refractivity contribution is 6.35. The minimum atomic E-state index is -0.279. The predicted molar refractivity (Wildman–Crippen MR) is 107 cm³/mol. The quantitative estimate of drug-likeness (QED) is 0.625. The monoisotopic (exact) mass is 387 g/mol. The molecule has 0 spiro atoms. The van der Waals surface area contributed by atoms with Crippen molar-refractivity contribution in [3.8, 4) is 11.5 Å². The lowest BCUT2D eigenvalue weighted by atomic mass is 10.1. The number of benzene rings is 2. The van der Waals surface area contributed by atoms with Crippen LogP contribution in [0.5, 0.6) is 11.5 Å². The second-order valence-electron chi connectivity index (χ2n) is 6.30. The molecule has 1 aromatic heterocycles. The lowest BCUT2D eigenvalue weighted by molar-refractivity contribution is 0.0478. The first kappa shape index (κ1) is 19.3. The van der Waals surface area contributed by atoms with Gasteiger partial charge in [0.25, 0.3) is 0 Å². The van der Waals surface area contributed by atoms with Gasteiger partial charge in [0.2, 0.25) is 0 Å². The molecule has 0 aliphatic carbocycles. The van der Waals surface area contributed by atoms with Gasteiger partial charge in [-0.1, -0.05) is 23.7 Å². The Bertz CT molecular complexity index is 1010. The van der Waals surface area contributed by atoms with Crippen LogP contribution < -0.4 is 14.9 Å². The Kier molecular flexibility index (Phi) is 5.73. The summed E-state index contributed by atoms with van der Waals surface area (Å²) in [5.41, 5.74) is 2.37. The normalized spacial score (nSPS) is 12.2. The third kappa shape index (κ3) is 3.94. The maximum atomic E-state index is 12.6. The molecule has 1 atom stereocenters. The summed E-state index contributed by atoms with van der Waals surface area (Å²) in [6, 6.07) is 12.7. The molecule has 2 aromatic carbocycles. The molecule has 0 radical (unpaired) electrons. The highest BCUT2D eigenvalue weighted by Crippen LogP contribution is 2.29. The molecule has 3 aromatic rings. The van der Waals surface area contributed by atoms with Gasteiger partial charge in [-0.15, -0.1) is 0 Å². The van der Waals surface area contributed by atoms with Crippen LogP contribution in [0.4, 0.5) is 0 Å². The summed E-state index contributed by atoms with van der Waals surface area (Å²) in [5, 5.41) is 0.856. The fourth-order valence-corrected chi connectivity index (χ4v) is 3.35. The third-order valence-corrected chi connectivity index (χ3v) is 4.93. The molecular formula is C21H22ClNO4. The van der Waals surface area contributed by atoms with E-state index in [4.69, 9.17) is 25.8 Å². The van der Waals surface area contributed by atoms with Gasteiger partial charge in [0.15, 0.2) is 5.43 Å². The lowest BCUT2D eigenvalue weighted by Crippen LogP contribution is -2.16. The van der Waals surface area contributed by atoms with E-state index >= 15 is 0 Å². The number of ether oxygens (including phenoxy) is 3. The zero-order valence-electron chi connectivity index (χ0n) is 15.8. The van der Waals surface area contributed by atoms with Gasteiger partial charge in [-0.2, -0.15) is 0 Å². The predicted octanol–water partition coefficient (Wildman–Crippen LogP) is 4.49. The second-order valence-corrected chi connectivity index (χ2v) is 6.70. The summed E-state index contributed by atoms with van der Waals surface area (Å²) in [4.78, 5) is 12.6. The first-order chi connectivity index (χ1) is 12.9. The van der Waals surface area contributed by atoms with E-state index in [-0.39, 0.29) is 11.5 Å². The number of methoxy groups -OCH3 is 2. The highest BCUT2D eigenvalue weighted by Gasteiger charge is 2.16. The van der Waals surface area contributed by atoms with Gasteiger partial charge in [0, 0.05) is 19.2 Å². The molecular weight excluding hydrogens is 366 g/mol. The van der Waals surface area contributed by atoms with E-state index in [1.54, 1.807) is 26.4 Å². The number of fused-ring (bicyclic) bond motifs is 1. The molecule has 0 saturated carbocycles. The molecule has 0 bridgehead atoms. The van der Waals surface area contributed by atoms with E-state index in [2.05, 4.69) is 0 Å². The van der Waals surface area contributed by atoms with Crippen molar-refractivity contribution in [2.75, 3.05) is 14.2 Å². The minimum absolute atomic E-state index is 0.134. The Balaban J connectivity index is 1.90.